The molecule has 0 atom stereocenters. The van der Waals surface area contributed by atoms with Gasteiger partial charge in [0.1, 0.15) is 5.78 Å². The van der Waals surface area contributed by atoms with Crippen LogP contribution in [0, 0.1) is 10.1 Å². The highest BCUT2D eigenvalue weighted by molar-refractivity contribution is 9.09. The van der Waals surface area contributed by atoms with Gasteiger partial charge < -0.3 is 0 Å². The summed E-state index contributed by atoms with van der Waals surface area (Å²) in [4.78, 5) is 21.9. The monoisotopic (exact) mass is 333 g/mol. The molecule has 0 heterocycles. The van der Waals surface area contributed by atoms with Crippen LogP contribution < -0.4 is 0 Å². The fourth-order valence-corrected chi connectivity index (χ4v) is 2.16. The third-order valence-corrected chi connectivity index (χ3v) is 3.45. The molecule has 0 saturated carbocycles. The van der Waals surface area contributed by atoms with E-state index < -0.39 is 4.92 Å². The molecule has 0 aliphatic heterocycles. The molecule has 0 bridgehead atoms. The lowest BCUT2D eigenvalue weighted by Crippen LogP contribution is -2.03. The van der Waals surface area contributed by atoms with Gasteiger partial charge in [-0.15, -0.1) is 0 Å². The Morgan fingerprint density at radius 2 is 2.11 bits per heavy atom. The molecule has 0 N–H and O–H groups in total. The van der Waals surface area contributed by atoms with Crippen LogP contribution >= 0.6 is 27.5 Å². The van der Waals surface area contributed by atoms with E-state index in [1.165, 1.54) is 12.1 Å². The van der Waals surface area contributed by atoms with E-state index in [1.807, 2.05) is 0 Å². The van der Waals surface area contributed by atoms with Gasteiger partial charge >= 0.3 is 0 Å². The molecule has 1 rings (SSSR count). The average Bonchev–Trinajstić information content (AvgIpc) is 2.34. The zero-order chi connectivity index (χ0) is 13.5. The van der Waals surface area contributed by atoms with Crippen LogP contribution in [0.1, 0.15) is 24.8 Å². The number of ketones is 1. The molecule has 4 nitrogen and oxygen atoms in total. The largest absolute Gasteiger partial charge is 0.300 e. The number of hydrogen-bond acceptors (Lipinski definition) is 3. The predicted octanol–water partition coefficient (Wildman–Crippen LogP) is 3.93. The summed E-state index contributed by atoms with van der Waals surface area (Å²) in [5.41, 5.74) is 0.423. The maximum absolute atomic E-state index is 11.5. The Bertz CT molecular complexity index is 451. The van der Waals surface area contributed by atoms with Gasteiger partial charge in [-0.3, -0.25) is 14.9 Å². The summed E-state index contributed by atoms with van der Waals surface area (Å²) in [5.74, 6) is 0.101. The molecule has 1 aromatic rings. The van der Waals surface area contributed by atoms with Crippen molar-refractivity contribution in [2.24, 2.45) is 0 Å². The minimum absolute atomic E-state index is 0.0178. The van der Waals surface area contributed by atoms with E-state index in [9.17, 15) is 14.9 Å². The lowest BCUT2D eigenvalue weighted by atomic mass is 10.0. The molecule has 0 amide bonds. The van der Waals surface area contributed by atoms with Crippen LogP contribution in [0.5, 0.6) is 0 Å². The highest BCUT2D eigenvalue weighted by atomic mass is 79.9. The van der Waals surface area contributed by atoms with Crippen LogP contribution in [0.25, 0.3) is 0 Å². The third-order valence-electron chi connectivity index (χ3n) is 2.53. The average molecular weight is 335 g/mol. The smallest absolute Gasteiger partial charge is 0.274 e. The molecule has 0 fully saturated rings. The standard InChI is InChI=1S/C12H13BrClNO3/c13-8-2-3-9(16)6-7-10-11(14)4-1-5-12(10)15(17)18/h1,4-5H,2-3,6-8H2. The Morgan fingerprint density at radius 3 is 2.72 bits per heavy atom. The molecule has 0 spiro atoms. The van der Waals surface area contributed by atoms with Gasteiger partial charge in [0, 0.05) is 29.8 Å². The van der Waals surface area contributed by atoms with E-state index in [0.717, 1.165) is 11.8 Å². The van der Waals surface area contributed by atoms with E-state index >= 15 is 0 Å². The van der Waals surface area contributed by atoms with E-state index in [0.29, 0.717) is 23.4 Å². The first-order valence-corrected chi connectivity index (χ1v) is 7.05. The van der Waals surface area contributed by atoms with E-state index in [4.69, 9.17) is 11.6 Å². The van der Waals surface area contributed by atoms with Gasteiger partial charge in [-0.25, -0.2) is 0 Å². The van der Waals surface area contributed by atoms with Crippen LogP contribution in [0.3, 0.4) is 0 Å². The lowest BCUT2D eigenvalue weighted by Gasteiger charge is -2.04. The molecule has 0 saturated heterocycles. The molecule has 0 aliphatic carbocycles. The number of alkyl halides is 1. The first-order valence-electron chi connectivity index (χ1n) is 5.55. The van der Waals surface area contributed by atoms with Crippen molar-refractivity contribution in [3.8, 4) is 0 Å². The summed E-state index contributed by atoms with van der Waals surface area (Å²) in [5, 5.41) is 12.0. The topological polar surface area (TPSA) is 60.2 Å². The second-order valence-electron chi connectivity index (χ2n) is 3.83. The number of carbonyl (C=O) groups is 1. The fraction of sp³-hybridized carbons (Fsp3) is 0.417. The Hall–Kier alpha value is -0.940. The van der Waals surface area contributed by atoms with Crippen LogP contribution in [0.4, 0.5) is 5.69 Å². The molecule has 0 aliphatic rings. The Labute approximate surface area is 119 Å². The summed E-state index contributed by atoms with van der Waals surface area (Å²) >= 11 is 9.19. The second kappa shape index (κ2) is 7.48. The molecule has 6 heteroatoms. The van der Waals surface area contributed by atoms with Gasteiger partial charge in [0.2, 0.25) is 0 Å². The first-order chi connectivity index (χ1) is 8.56. The van der Waals surface area contributed by atoms with Crippen LogP contribution in [-0.2, 0) is 11.2 Å². The molecule has 1 aromatic carbocycles. The SMILES string of the molecule is O=C(CCCBr)CCc1c(Cl)cccc1[N+](=O)[O-]. The predicted molar refractivity (Wildman–Crippen MR) is 74.5 cm³/mol. The van der Waals surface area contributed by atoms with Crippen molar-refractivity contribution >= 4 is 39.0 Å². The zero-order valence-corrected chi connectivity index (χ0v) is 12.0. The number of benzene rings is 1. The van der Waals surface area contributed by atoms with Crippen molar-refractivity contribution in [3.05, 3.63) is 38.9 Å². The van der Waals surface area contributed by atoms with Crippen LogP contribution in [-0.4, -0.2) is 16.0 Å². The normalized spacial score (nSPS) is 10.3. The van der Waals surface area contributed by atoms with E-state index in [-0.39, 0.29) is 17.9 Å². The number of nitro benzene ring substituents is 1. The minimum atomic E-state index is -0.468. The van der Waals surface area contributed by atoms with Crippen molar-refractivity contribution in [1.82, 2.24) is 0 Å². The van der Waals surface area contributed by atoms with Crippen molar-refractivity contribution in [3.63, 3.8) is 0 Å². The second-order valence-corrected chi connectivity index (χ2v) is 5.03. The van der Waals surface area contributed by atoms with Crippen molar-refractivity contribution < 1.29 is 9.72 Å². The Balaban J connectivity index is 2.72. The zero-order valence-electron chi connectivity index (χ0n) is 9.70. The van der Waals surface area contributed by atoms with Gasteiger partial charge in [0.15, 0.2) is 0 Å². The summed E-state index contributed by atoms with van der Waals surface area (Å²) in [6, 6.07) is 4.55. The van der Waals surface area contributed by atoms with Gasteiger partial charge in [-0.2, -0.15) is 0 Å². The summed E-state index contributed by atoms with van der Waals surface area (Å²) in [6.45, 7) is 0. The molecular formula is C12H13BrClNO3. The first kappa shape index (κ1) is 15.1. The van der Waals surface area contributed by atoms with Crippen LogP contribution in [0.15, 0.2) is 18.2 Å². The maximum atomic E-state index is 11.5. The number of nitrogens with zero attached hydrogens (tertiary/aromatic N) is 1. The highest BCUT2D eigenvalue weighted by Gasteiger charge is 2.17. The highest BCUT2D eigenvalue weighted by Crippen LogP contribution is 2.27. The summed E-state index contributed by atoms with van der Waals surface area (Å²) in [7, 11) is 0. The quantitative estimate of drug-likeness (QED) is 0.431. The van der Waals surface area contributed by atoms with Crippen molar-refractivity contribution in [1.29, 1.82) is 0 Å². The van der Waals surface area contributed by atoms with Crippen molar-refractivity contribution in [2.45, 2.75) is 25.7 Å². The van der Waals surface area contributed by atoms with E-state index in [1.54, 1.807) is 6.07 Å². The Kier molecular flexibility index (Phi) is 6.29. The number of rotatable bonds is 7. The lowest BCUT2D eigenvalue weighted by molar-refractivity contribution is -0.385. The number of carbonyl (C=O) groups excluding carboxylic acids is 1. The molecule has 0 unspecified atom stereocenters. The van der Waals surface area contributed by atoms with Gasteiger partial charge in [-0.1, -0.05) is 33.6 Å². The number of hydrogen-bond donors (Lipinski definition) is 0. The van der Waals surface area contributed by atoms with Gasteiger partial charge in [0.25, 0.3) is 5.69 Å². The van der Waals surface area contributed by atoms with Gasteiger partial charge in [0.05, 0.1) is 9.95 Å². The maximum Gasteiger partial charge on any atom is 0.274 e. The number of nitro groups is 1. The molecule has 98 valence electrons. The third kappa shape index (κ3) is 4.38. The minimum Gasteiger partial charge on any atom is -0.300 e. The van der Waals surface area contributed by atoms with Crippen LogP contribution in [0.2, 0.25) is 5.02 Å². The van der Waals surface area contributed by atoms with E-state index in [2.05, 4.69) is 15.9 Å². The Morgan fingerprint density at radius 1 is 1.39 bits per heavy atom. The molecule has 18 heavy (non-hydrogen) atoms. The van der Waals surface area contributed by atoms with Gasteiger partial charge in [-0.05, 0) is 18.9 Å². The summed E-state index contributed by atoms with van der Waals surface area (Å²) in [6.07, 6.45) is 1.88. The molecular weight excluding hydrogens is 321 g/mol. The number of Topliss-reactive ketones (excluding diaryl/α,β-unsaturated/α-hetero) is 1. The summed E-state index contributed by atoms with van der Waals surface area (Å²) < 4.78 is 0. The molecule has 0 radical (unpaired) electrons. The van der Waals surface area contributed by atoms with Crippen molar-refractivity contribution in [2.75, 3.05) is 5.33 Å². The fourth-order valence-electron chi connectivity index (χ4n) is 1.62. The number of halogens is 2. The molecule has 0 aromatic heterocycles.